The van der Waals surface area contributed by atoms with Crippen molar-refractivity contribution in [3.63, 3.8) is 0 Å². The molecule has 2 atom stereocenters. The smallest absolute Gasteiger partial charge is 0.254 e. The fraction of sp³-hybridized carbons (Fsp3) is 0.250. The molecule has 2 unspecified atom stereocenters. The summed E-state index contributed by atoms with van der Waals surface area (Å²) >= 11 is 0. The molecule has 8 nitrogen and oxygen atoms in total. The molecular formula is C24H23FN4O4. The number of rotatable bonds is 6. The van der Waals surface area contributed by atoms with E-state index in [1.807, 2.05) is 12.2 Å². The Labute approximate surface area is 189 Å². The predicted octanol–water partition coefficient (Wildman–Crippen LogP) is 1.95. The SMILES string of the molecule is O=C(NCCNC(=O)c1ccccc1F)c1cccc(N2NC(=O)C3CC=CCC3C2=O)c1. The number of nitrogens with one attached hydrogen (secondary N) is 3. The third-order valence-electron chi connectivity index (χ3n) is 5.71. The Balaban J connectivity index is 1.35. The summed E-state index contributed by atoms with van der Waals surface area (Å²) in [7, 11) is 0. The predicted molar refractivity (Wildman–Crippen MR) is 118 cm³/mol. The van der Waals surface area contributed by atoms with Crippen LogP contribution in [0.25, 0.3) is 0 Å². The summed E-state index contributed by atoms with van der Waals surface area (Å²) in [5.74, 6) is -2.82. The molecule has 1 heterocycles. The van der Waals surface area contributed by atoms with Gasteiger partial charge in [0.1, 0.15) is 5.82 Å². The second kappa shape index (κ2) is 9.64. The highest BCUT2D eigenvalue weighted by molar-refractivity contribution is 6.05. The molecule has 3 N–H and O–H groups in total. The van der Waals surface area contributed by atoms with Gasteiger partial charge in [0, 0.05) is 18.7 Å². The van der Waals surface area contributed by atoms with E-state index in [0.717, 1.165) is 0 Å². The molecule has 2 aromatic rings. The third-order valence-corrected chi connectivity index (χ3v) is 5.71. The van der Waals surface area contributed by atoms with Crippen molar-refractivity contribution in [1.29, 1.82) is 0 Å². The summed E-state index contributed by atoms with van der Waals surface area (Å²) in [5.41, 5.74) is 3.25. The number of hydrazine groups is 1. The van der Waals surface area contributed by atoms with Crippen molar-refractivity contribution < 1.29 is 23.6 Å². The molecule has 4 rings (SSSR count). The van der Waals surface area contributed by atoms with Crippen LogP contribution in [0.2, 0.25) is 0 Å². The van der Waals surface area contributed by atoms with Crippen LogP contribution >= 0.6 is 0 Å². The number of fused-ring (bicyclic) bond motifs is 1. The average molecular weight is 450 g/mol. The molecule has 0 bridgehead atoms. The molecule has 1 aliphatic carbocycles. The number of carbonyl (C=O) groups is 4. The van der Waals surface area contributed by atoms with Crippen molar-refractivity contribution in [2.45, 2.75) is 12.8 Å². The quantitative estimate of drug-likeness (QED) is 0.462. The van der Waals surface area contributed by atoms with Crippen molar-refractivity contribution in [3.05, 3.63) is 77.6 Å². The summed E-state index contributed by atoms with van der Waals surface area (Å²) in [5, 5.41) is 6.42. The highest BCUT2D eigenvalue weighted by atomic mass is 19.1. The normalized spacial score (nSPS) is 19.5. The van der Waals surface area contributed by atoms with Gasteiger partial charge in [-0.1, -0.05) is 30.4 Å². The molecule has 1 saturated heterocycles. The monoisotopic (exact) mass is 450 g/mol. The maximum atomic E-state index is 13.6. The number of benzene rings is 2. The van der Waals surface area contributed by atoms with Crippen molar-refractivity contribution in [2.24, 2.45) is 11.8 Å². The second-order valence-electron chi connectivity index (χ2n) is 7.85. The van der Waals surface area contributed by atoms with Crippen LogP contribution < -0.4 is 21.1 Å². The van der Waals surface area contributed by atoms with Gasteiger partial charge in [-0.3, -0.25) is 24.6 Å². The highest BCUT2D eigenvalue weighted by Crippen LogP contribution is 2.32. The number of halogens is 1. The van der Waals surface area contributed by atoms with Crippen LogP contribution in [0.4, 0.5) is 10.1 Å². The molecule has 2 aromatic carbocycles. The van der Waals surface area contributed by atoms with Gasteiger partial charge in [-0.2, -0.15) is 0 Å². The fourth-order valence-corrected chi connectivity index (χ4v) is 3.96. The minimum absolute atomic E-state index is 0.0690. The zero-order valence-corrected chi connectivity index (χ0v) is 17.7. The van der Waals surface area contributed by atoms with Gasteiger partial charge in [-0.05, 0) is 43.2 Å². The minimum Gasteiger partial charge on any atom is -0.350 e. The van der Waals surface area contributed by atoms with E-state index in [9.17, 15) is 23.6 Å². The minimum atomic E-state index is -0.620. The van der Waals surface area contributed by atoms with E-state index in [1.54, 1.807) is 24.3 Å². The van der Waals surface area contributed by atoms with Gasteiger partial charge in [0.2, 0.25) is 11.8 Å². The molecule has 33 heavy (non-hydrogen) atoms. The third kappa shape index (κ3) is 4.77. The average Bonchev–Trinajstić information content (AvgIpc) is 2.84. The summed E-state index contributed by atoms with van der Waals surface area (Å²) < 4.78 is 13.6. The Morgan fingerprint density at radius 3 is 2.39 bits per heavy atom. The second-order valence-corrected chi connectivity index (χ2v) is 7.85. The van der Waals surface area contributed by atoms with Crippen molar-refractivity contribution in [3.8, 4) is 0 Å². The zero-order valence-electron chi connectivity index (χ0n) is 17.7. The first-order chi connectivity index (χ1) is 16.0. The summed E-state index contributed by atoms with van der Waals surface area (Å²) in [4.78, 5) is 49.9. The van der Waals surface area contributed by atoms with Gasteiger partial charge in [-0.25, -0.2) is 9.40 Å². The number of hydrogen-bond donors (Lipinski definition) is 3. The number of anilines is 1. The lowest BCUT2D eigenvalue weighted by atomic mass is 9.80. The lowest BCUT2D eigenvalue weighted by Gasteiger charge is -2.38. The van der Waals surface area contributed by atoms with Crippen LogP contribution in [-0.2, 0) is 9.59 Å². The van der Waals surface area contributed by atoms with Crippen LogP contribution in [-0.4, -0.2) is 36.7 Å². The van der Waals surface area contributed by atoms with E-state index in [4.69, 9.17) is 0 Å². The van der Waals surface area contributed by atoms with Gasteiger partial charge in [0.05, 0.1) is 23.1 Å². The van der Waals surface area contributed by atoms with Crippen LogP contribution in [0.15, 0.2) is 60.7 Å². The van der Waals surface area contributed by atoms with Crippen molar-refractivity contribution in [2.75, 3.05) is 18.1 Å². The van der Waals surface area contributed by atoms with Crippen LogP contribution in [0, 0.1) is 17.7 Å². The van der Waals surface area contributed by atoms with E-state index in [1.165, 1.54) is 29.3 Å². The molecule has 4 amide bonds. The summed E-state index contributed by atoms with van der Waals surface area (Å²) in [6.45, 7) is 0.231. The van der Waals surface area contributed by atoms with E-state index in [-0.39, 0.29) is 36.4 Å². The topological polar surface area (TPSA) is 108 Å². The van der Waals surface area contributed by atoms with Gasteiger partial charge < -0.3 is 10.6 Å². The number of nitrogens with zero attached hydrogens (tertiary/aromatic N) is 1. The summed E-state index contributed by atoms with van der Waals surface area (Å²) in [6, 6.07) is 12.0. The zero-order chi connectivity index (χ0) is 23.4. The fourth-order valence-electron chi connectivity index (χ4n) is 3.96. The first-order valence-electron chi connectivity index (χ1n) is 10.7. The number of hydrogen-bond acceptors (Lipinski definition) is 4. The maximum absolute atomic E-state index is 13.6. The Bertz CT molecular complexity index is 1130. The van der Waals surface area contributed by atoms with Gasteiger partial charge in [-0.15, -0.1) is 0 Å². The highest BCUT2D eigenvalue weighted by Gasteiger charge is 2.42. The Kier molecular flexibility index (Phi) is 6.48. The Morgan fingerprint density at radius 2 is 1.64 bits per heavy atom. The van der Waals surface area contributed by atoms with Crippen molar-refractivity contribution >= 4 is 29.3 Å². The van der Waals surface area contributed by atoms with Crippen LogP contribution in [0.5, 0.6) is 0 Å². The molecule has 0 spiro atoms. The number of allylic oxidation sites excluding steroid dienone is 2. The first kappa shape index (κ1) is 22.2. The molecule has 9 heteroatoms. The molecule has 170 valence electrons. The van der Waals surface area contributed by atoms with Gasteiger partial charge in [0.15, 0.2) is 0 Å². The summed E-state index contributed by atoms with van der Waals surface area (Å²) in [6.07, 6.45) is 4.86. The maximum Gasteiger partial charge on any atom is 0.254 e. The van der Waals surface area contributed by atoms with E-state index >= 15 is 0 Å². The molecule has 1 aliphatic heterocycles. The van der Waals surface area contributed by atoms with E-state index < -0.39 is 23.5 Å². The van der Waals surface area contributed by atoms with E-state index in [2.05, 4.69) is 16.1 Å². The molecule has 0 aromatic heterocycles. The van der Waals surface area contributed by atoms with Crippen molar-refractivity contribution in [1.82, 2.24) is 16.1 Å². The number of carbonyl (C=O) groups excluding carboxylic acids is 4. The molecule has 1 fully saturated rings. The van der Waals surface area contributed by atoms with E-state index in [0.29, 0.717) is 24.1 Å². The first-order valence-corrected chi connectivity index (χ1v) is 10.7. The van der Waals surface area contributed by atoms with Gasteiger partial charge >= 0.3 is 0 Å². The molecule has 0 radical (unpaired) electrons. The lowest BCUT2D eigenvalue weighted by Crippen LogP contribution is -2.59. The Morgan fingerprint density at radius 1 is 0.939 bits per heavy atom. The largest absolute Gasteiger partial charge is 0.350 e. The number of amides is 4. The molecule has 2 aliphatic rings. The Hall–Kier alpha value is -4.01. The van der Waals surface area contributed by atoms with Crippen LogP contribution in [0.3, 0.4) is 0 Å². The molecular weight excluding hydrogens is 427 g/mol. The molecule has 0 saturated carbocycles. The van der Waals surface area contributed by atoms with Crippen LogP contribution in [0.1, 0.15) is 33.6 Å². The standard InChI is InChI=1S/C24H23FN4O4/c25-20-11-4-3-10-19(20)22(31)27-13-12-26-21(30)15-6-5-7-16(14-15)29-24(33)18-9-2-1-8-17(18)23(32)28-29/h1-7,10-11,14,17-18H,8-9,12-13H2,(H,26,30)(H,27,31)(H,28,32). The lowest BCUT2D eigenvalue weighted by molar-refractivity contribution is -0.139. The van der Waals surface area contributed by atoms with Gasteiger partial charge in [0.25, 0.3) is 11.8 Å².